The van der Waals surface area contributed by atoms with Crippen molar-refractivity contribution in [1.82, 2.24) is 10.3 Å². The molecule has 0 radical (unpaired) electrons. The van der Waals surface area contributed by atoms with Gasteiger partial charge in [0.05, 0.1) is 0 Å². The van der Waals surface area contributed by atoms with Crippen LogP contribution in [0, 0.1) is 5.92 Å². The van der Waals surface area contributed by atoms with Crippen LogP contribution in [0.15, 0.2) is 42.6 Å². The minimum atomic E-state index is -0.154. The lowest BCUT2D eigenvalue weighted by molar-refractivity contribution is 0.0938. The molecule has 2 N–H and O–H groups in total. The Hall–Kier alpha value is -2.56. The molecule has 5 heteroatoms. The minimum Gasteiger partial charge on any atom is -0.372 e. The van der Waals surface area contributed by atoms with E-state index in [-0.39, 0.29) is 11.9 Å². The van der Waals surface area contributed by atoms with Crippen molar-refractivity contribution in [2.24, 2.45) is 5.92 Å². The van der Waals surface area contributed by atoms with Gasteiger partial charge >= 0.3 is 0 Å². The van der Waals surface area contributed by atoms with E-state index in [1.807, 2.05) is 19.9 Å². The van der Waals surface area contributed by atoms with Gasteiger partial charge in [-0.1, -0.05) is 6.92 Å². The highest BCUT2D eigenvalue weighted by atomic mass is 16.1. The van der Waals surface area contributed by atoms with Crippen LogP contribution in [0.2, 0.25) is 0 Å². The highest BCUT2D eigenvalue weighted by molar-refractivity contribution is 5.93. The van der Waals surface area contributed by atoms with E-state index in [1.54, 1.807) is 12.3 Å². The van der Waals surface area contributed by atoms with Crippen molar-refractivity contribution in [3.05, 3.63) is 48.3 Å². The lowest BCUT2D eigenvalue weighted by Crippen LogP contribution is -2.32. The van der Waals surface area contributed by atoms with E-state index in [2.05, 4.69) is 51.7 Å². The summed E-state index contributed by atoms with van der Waals surface area (Å²) in [6.07, 6.45) is 4.18. The maximum Gasteiger partial charge on any atom is 0.270 e. The zero-order chi connectivity index (χ0) is 18.5. The highest BCUT2D eigenvalue weighted by Crippen LogP contribution is 2.25. The first-order chi connectivity index (χ1) is 12.5. The van der Waals surface area contributed by atoms with Crippen LogP contribution < -0.4 is 15.5 Å². The third kappa shape index (κ3) is 4.75. The smallest absolute Gasteiger partial charge is 0.270 e. The van der Waals surface area contributed by atoms with Crippen molar-refractivity contribution in [2.75, 3.05) is 23.3 Å². The Kier molecular flexibility index (Phi) is 5.76. The Morgan fingerprint density at radius 2 is 1.81 bits per heavy atom. The number of anilines is 3. The number of pyridine rings is 1. The van der Waals surface area contributed by atoms with Gasteiger partial charge in [0.15, 0.2) is 0 Å². The maximum atomic E-state index is 12.1. The number of hydrogen-bond acceptors (Lipinski definition) is 4. The van der Waals surface area contributed by atoms with Crippen LogP contribution in [0.4, 0.5) is 17.1 Å². The molecule has 1 aliphatic rings. The van der Waals surface area contributed by atoms with E-state index in [0.29, 0.717) is 5.69 Å². The van der Waals surface area contributed by atoms with E-state index in [9.17, 15) is 4.79 Å². The number of hydrogen-bond donors (Lipinski definition) is 2. The van der Waals surface area contributed by atoms with Gasteiger partial charge in [-0.2, -0.15) is 0 Å². The summed E-state index contributed by atoms with van der Waals surface area (Å²) in [6.45, 7) is 8.46. The van der Waals surface area contributed by atoms with Crippen LogP contribution in [-0.2, 0) is 0 Å². The summed E-state index contributed by atoms with van der Waals surface area (Å²) in [6, 6.07) is 12.2. The first-order valence-corrected chi connectivity index (χ1v) is 9.40. The summed E-state index contributed by atoms with van der Waals surface area (Å²) < 4.78 is 0. The van der Waals surface area contributed by atoms with E-state index in [1.165, 1.54) is 18.5 Å². The van der Waals surface area contributed by atoms with Crippen molar-refractivity contribution in [3.8, 4) is 0 Å². The van der Waals surface area contributed by atoms with Crippen LogP contribution in [-0.4, -0.2) is 30.0 Å². The molecule has 0 unspecified atom stereocenters. The number of rotatable bonds is 5. The van der Waals surface area contributed by atoms with Gasteiger partial charge < -0.3 is 15.5 Å². The third-order valence-electron chi connectivity index (χ3n) is 4.72. The monoisotopic (exact) mass is 352 g/mol. The topological polar surface area (TPSA) is 57.3 Å². The molecule has 0 saturated carbocycles. The first-order valence-electron chi connectivity index (χ1n) is 9.40. The Bertz CT molecular complexity index is 734. The first kappa shape index (κ1) is 18.2. The number of carbonyl (C=O) groups is 1. The average molecular weight is 352 g/mol. The molecular weight excluding hydrogens is 324 g/mol. The predicted octanol–water partition coefficient (Wildman–Crippen LogP) is 4.20. The third-order valence-corrected chi connectivity index (χ3v) is 4.72. The molecule has 1 aromatic heterocycles. The van der Waals surface area contributed by atoms with E-state index in [0.717, 1.165) is 30.4 Å². The molecule has 1 aliphatic heterocycles. The van der Waals surface area contributed by atoms with E-state index in [4.69, 9.17) is 0 Å². The molecule has 1 saturated heterocycles. The summed E-state index contributed by atoms with van der Waals surface area (Å²) in [5, 5.41) is 6.21. The van der Waals surface area contributed by atoms with Gasteiger partial charge in [-0.15, -0.1) is 0 Å². The lowest BCUT2D eigenvalue weighted by Gasteiger charge is -2.32. The number of aromatic nitrogens is 1. The molecular formula is C21H28N4O. The van der Waals surface area contributed by atoms with Gasteiger partial charge in [-0.25, -0.2) is 0 Å². The number of nitrogens with one attached hydrogen (secondary N) is 2. The minimum absolute atomic E-state index is 0.0891. The molecule has 26 heavy (non-hydrogen) atoms. The van der Waals surface area contributed by atoms with Crippen molar-refractivity contribution in [3.63, 3.8) is 0 Å². The van der Waals surface area contributed by atoms with Crippen molar-refractivity contribution in [2.45, 2.75) is 39.7 Å². The van der Waals surface area contributed by atoms with E-state index < -0.39 is 0 Å². The molecule has 1 amide bonds. The second-order valence-corrected chi connectivity index (χ2v) is 7.40. The van der Waals surface area contributed by atoms with Crippen LogP contribution >= 0.6 is 0 Å². The Morgan fingerprint density at radius 1 is 1.12 bits per heavy atom. The highest BCUT2D eigenvalue weighted by Gasteiger charge is 2.15. The molecule has 3 rings (SSSR count). The molecule has 5 nitrogen and oxygen atoms in total. The summed E-state index contributed by atoms with van der Waals surface area (Å²) in [7, 11) is 0. The molecule has 0 aliphatic carbocycles. The Morgan fingerprint density at radius 3 is 2.46 bits per heavy atom. The summed E-state index contributed by atoms with van der Waals surface area (Å²) in [5.41, 5.74) is 3.55. The lowest BCUT2D eigenvalue weighted by atomic mass is 9.99. The fourth-order valence-electron chi connectivity index (χ4n) is 3.16. The number of amides is 1. The van der Waals surface area contributed by atoms with Gasteiger partial charge in [-0.3, -0.25) is 9.78 Å². The van der Waals surface area contributed by atoms with Crippen LogP contribution in [0.5, 0.6) is 0 Å². The Balaban J connectivity index is 1.65. The van der Waals surface area contributed by atoms with Crippen LogP contribution in [0.25, 0.3) is 0 Å². The molecule has 0 atom stereocenters. The molecule has 1 aromatic carbocycles. The zero-order valence-electron chi connectivity index (χ0n) is 15.8. The number of carbonyl (C=O) groups excluding carboxylic acids is 1. The fourth-order valence-corrected chi connectivity index (χ4v) is 3.16. The second kappa shape index (κ2) is 8.21. The normalized spacial score (nSPS) is 15.2. The maximum absolute atomic E-state index is 12.1. The molecule has 2 aromatic rings. The molecule has 2 heterocycles. The molecule has 0 spiro atoms. The Labute approximate surface area is 155 Å². The van der Waals surface area contributed by atoms with E-state index >= 15 is 0 Å². The summed E-state index contributed by atoms with van der Waals surface area (Å²) in [5.74, 6) is 0.680. The van der Waals surface area contributed by atoms with Crippen LogP contribution in [0.1, 0.15) is 44.1 Å². The quantitative estimate of drug-likeness (QED) is 0.847. The van der Waals surface area contributed by atoms with Crippen molar-refractivity contribution < 1.29 is 4.79 Å². The molecule has 0 bridgehead atoms. The van der Waals surface area contributed by atoms with Gasteiger partial charge in [0.2, 0.25) is 0 Å². The standard InChI is InChI=1S/C21H28N4O/c1-15(2)23-21(26)20-14-18(8-11-22-20)24-17-4-6-19(7-5-17)25-12-9-16(3)10-13-25/h4-8,11,14-16H,9-10,12-13H2,1-3H3,(H,22,24)(H,23,26). The van der Waals surface area contributed by atoms with Gasteiger partial charge in [0, 0.05) is 42.4 Å². The molecule has 138 valence electrons. The van der Waals surface area contributed by atoms with Gasteiger partial charge in [-0.05, 0) is 69.0 Å². The van der Waals surface area contributed by atoms with Gasteiger partial charge in [0.1, 0.15) is 5.69 Å². The molecule has 1 fully saturated rings. The van der Waals surface area contributed by atoms with Crippen molar-refractivity contribution in [1.29, 1.82) is 0 Å². The van der Waals surface area contributed by atoms with Gasteiger partial charge in [0.25, 0.3) is 5.91 Å². The second-order valence-electron chi connectivity index (χ2n) is 7.40. The SMILES string of the molecule is CC1CCN(c2ccc(Nc3ccnc(C(=O)NC(C)C)c3)cc2)CC1. The zero-order valence-corrected chi connectivity index (χ0v) is 15.8. The average Bonchev–Trinajstić information content (AvgIpc) is 2.63. The number of benzene rings is 1. The fraction of sp³-hybridized carbons (Fsp3) is 0.429. The number of piperidine rings is 1. The predicted molar refractivity (Wildman–Crippen MR) is 107 cm³/mol. The summed E-state index contributed by atoms with van der Waals surface area (Å²) in [4.78, 5) is 18.7. The largest absolute Gasteiger partial charge is 0.372 e. The van der Waals surface area contributed by atoms with Crippen molar-refractivity contribution >= 4 is 23.0 Å². The van der Waals surface area contributed by atoms with Crippen LogP contribution in [0.3, 0.4) is 0 Å². The number of nitrogens with zero attached hydrogens (tertiary/aromatic N) is 2. The summed E-state index contributed by atoms with van der Waals surface area (Å²) >= 11 is 0.